The average Bonchev–Trinajstić information content (AvgIpc) is 3.21. The first kappa shape index (κ1) is 20.0. The van der Waals surface area contributed by atoms with Crippen LogP contribution in [0.4, 0.5) is 5.69 Å². The molecule has 0 spiro atoms. The lowest BCUT2D eigenvalue weighted by molar-refractivity contribution is -0.383. The summed E-state index contributed by atoms with van der Waals surface area (Å²) in [6.07, 6.45) is 11.7. The van der Waals surface area contributed by atoms with Crippen LogP contribution in [0.2, 0.25) is 0 Å². The van der Waals surface area contributed by atoms with Crippen molar-refractivity contribution in [3.8, 4) is 0 Å². The van der Waals surface area contributed by atoms with Crippen LogP contribution >= 0.6 is 0 Å². The summed E-state index contributed by atoms with van der Waals surface area (Å²) in [6, 6.07) is 7.77. The third-order valence-electron chi connectivity index (χ3n) is 8.27. The number of benzene rings is 1. The number of rotatable bonds is 3. The topological polar surface area (TPSA) is 71.6 Å². The van der Waals surface area contributed by atoms with Crippen molar-refractivity contribution < 1.29 is 9.72 Å². The van der Waals surface area contributed by atoms with Crippen molar-refractivity contribution >= 4 is 22.5 Å². The summed E-state index contributed by atoms with van der Waals surface area (Å²) in [5.74, 6) is 1.31. The quantitative estimate of drug-likeness (QED) is 0.416. The molecule has 3 fully saturated rings. The Morgan fingerprint density at radius 3 is 2.94 bits per heavy atom. The molecule has 168 valence electrons. The Bertz CT molecular complexity index is 1110. The Balaban J connectivity index is 1.27. The van der Waals surface area contributed by atoms with Gasteiger partial charge in [0.25, 0.3) is 5.69 Å². The van der Waals surface area contributed by atoms with Gasteiger partial charge in [-0.25, -0.2) is 0 Å². The molecule has 3 aliphatic heterocycles. The summed E-state index contributed by atoms with van der Waals surface area (Å²) in [5, 5.41) is 12.0. The predicted octanol–water partition coefficient (Wildman–Crippen LogP) is 3.97. The van der Waals surface area contributed by atoms with Crippen LogP contribution < -0.4 is 0 Å². The minimum atomic E-state index is -0.356. The monoisotopic (exact) mass is 434 g/mol. The number of hydrogen-bond donors (Lipinski definition) is 0. The average molecular weight is 435 g/mol. The number of fused-ring (bicyclic) bond motifs is 7. The molecule has 4 aliphatic rings. The number of non-ortho nitro benzene ring substituents is 1. The minimum absolute atomic E-state index is 0.0912. The van der Waals surface area contributed by atoms with Gasteiger partial charge in [-0.05, 0) is 62.6 Å². The van der Waals surface area contributed by atoms with Gasteiger partial charge in [-0.15, -0.1) is 0 Å². The molecule has 1 aliphatic carbocycles. The van der Waals surface area contributed by atoms with E-state index in [0.29, 0.717) is 23.3 Å². The fourth-order valence-corrected chi connectivity index (χ4v) is 6.99. The molecule has 7 heteroatoms. The van der Waals surface area contributed by atoms with Crippen molar-refractivity contribution in [2.45, 2.75) is 57.2 Å². The first-order valence-electron chi connectivity index (χ1n) is 12.1. The summed E-state index contributed by atoms with van der Waals surface area (Å²) < 4.78 is 1.87. The van der Waals surface area contributed by atoms with Crippen molar-refractivity contribution in [3.05, 3.63) is 52.2 Å². The first-order valence-corrected chi connectivity index (χ1v) is 12.1. The van der Waals surface area contributed by atoms with Crippen molar-refractivity contribution in [3.63, 3.8) is 0 Å². The first-order chi connectivity index (χ1) is 15.6. The molecule has 2 aromatic rings. The molecular formula is C25H30N4O3. The largest absolute Gasteiger partial charge is 0.338 e. The zero-order chi connectivity index (χ0) is 21.8. The van der Waals surface area contributed by atoms with Gasteiger partial charge < -0.3 is 9.47 Å². The molecule has 0 saturated carbocycles. The zero-order valence-corrected chi connectivity index (χ0v) is 18.4. The second-order valence-corrected chi connectivity index (χ2v) is 10.0. The molecule has 1 aromatic heterocycles. The number of carbonyl (C=O) groups excluding carboxylic acids is 1. The molecular weight excluding hydrogens is 404 g/mol. The number of likely N-dealkylation sites (tertiary alicyclic amines) is 1. The van der Waals surface area contributed by atoms with Crippen LogP contribution in [-0.2, 0) is 11.3 Å². The van der Waals surface area contributed by atoms with Gasteiger partial charge in [0.1, 0.15) is 6.54 Å². The van der Waals surface area contributed by atoms with E-state index in [4.69, 9.17) is 0 Å². The summed E-state index contributed by atoms with van der Waals surface area (Å²) in [6.45, 7) is 3.36. The molecule has 6 rings (SSSR count). The lowest BCUT2D eigenvalue weighted by atomic mass is 9.68. The Morgan fingerprint density at radius 1 is 1.16 bits per heavy atom. The highest BCUT2D eigenvalue weighted by molar-refractivity contribution is 5.90. The maximum atomic E-state index is 13.6. The van der Waals surface area contributed by atoms with E-state index in [9.17, 15) is 14.9 Å². The Kier molecular flexibility index (Phi) is 4.82. The van der Waals surface area contributed by atoms with Crippen LogP contribution in [0.1, 0.15) is 38.5 Å². The highest BCUT2D eigenvalue weighted by Crippen LogP contribution is 2.45. The predicted molar refractivity (Wildman–Crippen MR) is 122 cm³/mol. The molecule has 1 amide bonds. The summed E-state index contributed by atoms with van der Waals surface area (Å²) in [5.41, 5.74) is 2.33. The highest BCUT2D eigenvalue weighted by Gasteiger charge is 2.46. The van der Waals surface area contributed by atoms with Crippen molar-refractivity contribution in [1.82, 2.24) is 14.4 Å². The molecule has 7 nitrogen and oxygen atoms in total. The van der Waals surface area contributed by atoms with Gasteiger partial charge in [-0.2, -0.15) is 0 Å². The van der Waals surface area contributed by atoms with E-state index in [1.165, 1.54) is 43.9 Å². The van der Waals surface area contributed by atoms with Gasteiger partial charge in [0.05, 0.1) is 21.9 Å². The number of nitro groups is 1. The van der Waals surface area contributed by atoms with Gasteiger partial charge in [0.2, 0.25) is 5.91 Å². The van der Waals surface area contributed by atoms with Crippen LogP contribution in [0, 0.1) is 22.0 Å². The number of hydrogen-bond acceptors (Lipinski definition) is 4. The van der Waals surface area contributed by atoms with E-state index in [-0.39, 0.29) is 29.1 Å². The van der Waals surface area contributed by atoms with Gasteiger partial charge in [0.15, 0.2) is 0 Å². The number of aromatic nitrogens is 1. The number of nitro benzene ring substituents is 1. The van der Waals surface area contributed by atoms with Crippen molar-refractivity contribution in [2.75, 3.05) is 19.6 Å². The van der Waals surface area contributed by atoms with E-state index in [0.717, 1.165) is 31.4 Å². The smallest absolute Gasteiger partial charge is 0.278 e. The van der Waals surface area contributed by atoms with E-state index in [1.807, 2.05) is 16.8 Å². The van der Waals surface area contributed by atoms with Crippen molar-refractivity contribution in [1.29, 1.82) is 0 Å². The summed E-state index contributed by atoms with van der Waals surface area (Å²) in [7, 11) is 0. The molecule has 32 heavy (non-hydrogen) atoms. The van der Waals surface area contributed by atoms with Crippen LogP contribution in [0.5, 0.6) is 0 Å². The standard InChI is InChI=1S/C25H30N4O3/c30-24(16-27-12-9-20-22(27)7-3-8-23(20)29(31)32)28-11-4-5-17-13-18-14-19(25(17)28)15-26-10-2-1-6-21(18)26/h3,7-9,12-13,18-19,21,25H,1-2,4-6,10-11,14-16H2/t18-,19-,21-,25+/m0/s1. The van der Waals surface area contributed by atoms with E-state index in [2.05, 4.69) is 15.9 Å². The summed E-state index contributed by atoms with van der Waals surface area (Å²) in [4.78, 5) is 29.4. The lowest BCUT2D eigenvalue weighted by Crippen LogP contribution is -2.60. The zero-order valence-electron chi connectivity index (χ0n) is 18.4. The Hall–Kier alpha value is -2.67. The van der Waals surface area contributed by atoms with E-state index >= 15 is 0 Å². The van der Waals surface area contributed by atoms with Crippen LogP contribution in [0.3, 0.4) is 0 Å². The third-order valence-corrected chi connectivity index (χ3v) is 8.27. The molecule has 4 atom stereocenters. The van der Waals surface area contributed by atoms with Crippen LogP contribution in [0.25, 0.3) is 10.9 Å². The summed E-state index contributed by atoms with van der Waals surface area (Å²) >= 11 is 0. The molecule has 4 heterocycles. The number of nitrogens with zero attached hydrogens (tertiary/aromatic N) is 4. The molecule has 0 unspecified atom stereocenters. The normalized spacial score (nSPS) is 29.9. The lowest BCUT2D eigenvalue weighted by Gasteiger charge is -2.54. The fourth-order valence-electron chi connectivity index (χ4n) is 6.99. The number of amides is 1. The third kappa shape index (κ3) is 3.17. The number of piperidine rings is 3. The Labute approximate surface area is 187 Å². The number of carbonyl (C=O) groups is 1. The van der Waals surface area contributed by atoms with E-state index < -0.39 is 0 Å². The SMILES string of the molecule is O=C(Cn1ccc2c([N+](=O)[O-])cccc21)N1CCCC2=C[C@H]3C[C@@H](CN4CCCC[C@@H]34)[C@@H]21. The Morgan fingerprint density at radius 2 is 2.06 bits per heavy atom. The minimum Gasteiger partial charge on any atom is -0.338 e. The van der Waals surface area contributed by atoms with Crippen LogP contribution in [0.15, 0.2) is 42.1 Å². The van der Waals surface area contributed by atoms with Gasteiger partial charge in [-0.1, -0.05) is 24.1 Å². The molecule has 1 aromatic carbocycles. The fraction of sp³-hybridized carbons (Fsp3) is 0.560. The van der Waals surface area contributed by atoms with Gasteiger partial charge >= 0.3 is 0 Å². The second kappa shape index (κ2) is 7.73. The maximum Gasteiger partial charge on any atom is 0.278 e. The van der Waals surface area contributed by atoms with Crippen LogP contribution in [-0.4, -0.2) is 56.9 Å². The molecule has 3 saturated heterocycles. The van der Waals surface area contributed by atoms with Gasteiger partial charge in [0, 0.05) is 31.4 Å². The second-order valence-electron chi connectivity index (χ2n) is 10.0. The highest BCUT2D eigenvalue weighted by atomic mass is 16.6. The van der Waals surface area contributed by atoms with E-state index in [1.54, 1.807) is 12.1 Å². The molecule has 0 radical (unpaired) electrons. The molecule has 0 N–H and O–H groups in total. The molecule has 2 bridgehead atoms. The van der Waals surface area contributed by atoms with Crippen molar-refractivity contribution in [2.24, 2.45) is 11.8 Å². The van der Waals surface area contributed by atoms with Gasteiger partial charge in [-0.3, -0.25) is 19.8 Å². The maximum absolute atomic E-state index is 13.6.